The number of quaternary nitrogens is 1. The van der Waals surface area contributed by atoms with Crippen molar-refractivity contribution in [3.8, 4) is 5.75 Å². The zero-order valence-corrected chi connectivity index (χ0v) is 12.8. The first kappa shape index (κ1) is 12.4. The van der Waals surface area contributed by atoms with Crippen LogP contribution in [0.15, 0.2) is 12.1 Å². The summed E-state index contributed by atoms with van der Waals surface area (Å²) in [6, 6.07) is 3.43. The molecule has 0 amide bonds. The Morgan fingerprint density at radius 1 is 1.56 bits per heavy atom. The van der Waals surface area contributed by atoms with Gasteiger partial charge in [0.25, 0.3) is 5.72 Å². The molecule has 1 heterocycles. The van der Waals surface area contributed by atoms with E-state index in [1.54, 1.807) is 12.1 Å². The number of esters is 1. The number of rotatable bonds is 2. The number of aromatic hydroxyl groups is 1. The highest BCUT2D eigenvalue weighted by Crippen LogP contribution is 2.28. The van der Waals surface area contributed by atoms with Crippen LogP contribution in [0.3, 0.4) is 0 Å². The third kappa shape index (κ3) is 2.59. The summed E-state index contributed by atoms with van der Waals surface area (Å²) in [5.74, 6) is -0.472. The van der Waals surface area contributed by atoms with Gasteiger partial charge in [-0.3, -0.25) is 5.32 Å². The highest BCUT2D eigenvalue weighted by molar-refractivity contribution is 14.1. The predicted octanol–water partition coefficient (Wildman–Crippen LogP) is 1.05. The number of ether oxygens (including phenoxy) is 1. The summed E-state index contributed by atoms with van der Waals surface area (Å²) in [6.07, 6.45) is 0. The molecule has 1 aromatic rings. The summed E-state index contributed by atoms with van der Waals surface area (Å²) < 4.78 is 6.82. The molecule has 1 aliphatic heterocycles. The van der Waals surface area contributed by atoms with Gasteiger partial charge < -0.3 is 9.84 Å². The summed E-state index contributed by atoms with van der Waals surface area (Å²) >= 11 is 4.09. The Morgan fingerprint density at radius 2 is 2.19 bits per heavy atom. The lowest BCUT2D eigenvalue weighted by molar-refractivity contribution is -0.551. The molecular formula is C10H10I2NO3+. The molecule has 1 fully saturated rings. The predicted molar refractivity (Wildman–Crippen MR) is 74.2 cm³/mol. The number of hydrogen-bond donors (Lipinski definition) is 2. The molecule has 4 nitrogen and oxygen atoms in total. The Labute approximate surface area is 120 Å². The Morgan fingerprint density at radius 3 is 2.75 bits per heavy atom. The van der Waals surface area contributed by atoms with Crippen LogP contribution in [0.5, 0.6) is 5.75 Å². The first-order valence-electron chi connectivity index (χ1n) is 4.67. The maximum Gasteiger partial charge on any atom is 0.346 e. The number of benzene rings is 1. The number of phenols is 1. The lowest BCUT2D eigenvalue weighted by Gasteiger charge is -2.08. The number of phenolic OH excluding ortho intramolecular Hbond substituents is 1. The van der Waals surface area contributed by atoms with Crippen LogP contribution in [0.1, 0.15) is 17.3 Å². The Kier molecular flexibility index (Phi) is 3.32. The zero-order chi connectivity index (χ0) is 11.9. The van der Waals surface area contributed by atoms with Crippen molar-refractivity contribution in [3.05, 3.63) is 24.8 Å². The minimum Gasteiger partial charge on any atom is -0.506 e. The molecule has 0 spiro atoms. The molecule has 16 heavy (non-hydrogen) atoms. The number of hydrogen-bond acceptors (Lipinski definition) is 3. The van der Waals surface area contributed by atoms with E-state index < -0.39 is 11.7 Å². The minimum absolute atomic E-state index is 0.00438. The van der Waals surface area contributed by atoms with Crippen molar-refractivity contribution in [3.63, 3.8) is 0 Å². The van der Waals surface area contributed by atoms with Gasteiger partial charge in [0.15, 0.2) is 6.54 Å². The average Bonchev–Trinajstić information content (AvgIpc) is 2.89. The smallest absolute Gasteiger partial charge is 0.346 e. The van der Waals surface area contributed by atoms with Gasteiger partial charge in [0.1, 0.15) is 11.3 Å². The topological polar surface area (TPSA) is 63.1 Å². The summed E-state index contributed by atoms with van der Waals surface area (Å²) in [5, 5.41) is 11.7. The Balaban J connectivity index is 2.28. The van der Waals surface area contributed by atoms with Crippen LogP contribution >= 0.6 is 45.2 Å². The average molecular weight is 446 g/mol. The van der Waals surface area contributed by atoms with Gasteiger partial charge in [-0.1, -0.05) is 0 Å². The highest BCUT2D eigenvalue weighted by atomic mass is 127. The second kappa shape index (κ2) is 4.30. The Bertz CT molecular complexity index is 458. The molecule has 1 unspecified atom stereocenters. The van der Waals surface area contributed by atoms with E-state index in [0.717, 1.165) is 10.1 Å². The van der Waals surface area contributed by atoms with Crippen LogP contribution in [0.25, 0.3) is 0 Å². The number of carbonyl (C=O) groups excluding carboxylic acids is 1. The molecule has 1 aliphatic rings. The molecule has 1 aromatic carbocycles. The number of carbonyl (C=O) groups is 1. The molecule has 3 N–H and O–H groups in total. The second-order valence-corrected chi connectivity index (χ2v) is 6.30. The SMILES string of the molecule is CC1(OC(=O)c2cc(I)cc(I)c2O)C[NH2+]1. The van der Waals surface area contributed by atoms with Crippen LogP contribution < -0.4 is 5.32 Å². The monoisotopic (exact) mass is 446 g/mol. The molecule has 0 aromatic heterocycles. The summed E-state index contributed by atoms with van der Waals surface area (Å²) in [6.45, 7) is 2.63. The van der Waals surface area contributed by atoms with E-state index in [-0.39, 0.29) is 11.3 Å². The highest BCUT2D eigenvalue weighted by Gasteiger charge is 2.48. The first-order chi connectivity index (χ1) is 7.41. The quantitative estimate of drug-likeness (QED) is 0.406. The largest absolute Gasteiger partial charge is 0.506 e. The molecule has 0 aliphatic carbocycles. The van der Waals surface area contributed by atoms with Crippen LogP contribution in [0, 0.1) is 7.14 Å². The van der Waals surface area contributed by atoms with Gasteiger partial charge in [0.2, 0.25) is 0 Å². The molecule has 1 saturated heterocycles. The Hall–Kier alpha value is -0.0900. The van der Waals surface area contributed by atoms with Gasteiger partial charge in [0.05, 0.1) is 3.57 Å². The van der Waals surface area contributed by atoms with Gasteiger partial charge in [0, 0.05) is 10.5 Å². The second-order valence-electron chi connectivity index (χ2n) is 3.89. The third-order valence-electron chi connectivity index (χ3n) is 2.35. The summed E-state index contributed by atoms with van der Waals surface area (Å²) in [7, 11) is 0. The summed E-state index contributed by atoms with van der Waals surface area (Å²) in [5.41, 5.74) is -0.200. The van der Waals surface area contributed by atoms with Crippen LogP contribution in [0.4, 0.5) is 0 Å². The van der Waals surface area contributed by atoms with Crippen molar-refractivity contribution < 1.29 is 20.0 Å². The molecular weight excluding hydrogens is 436 g/mol. The summed E-state index contributed by atoms with van der Waals surface area (Å²) in [4.78, 5) is 11.8. The number of halogens is 2. The van der Waals surface area contributed by atoms with Crippen LogP contribution in [0.2, 0.25) is 0 Å². The molecule has 6 heteroatoms. The van der Waals surface area contributed by atoms with Gasteiger partial charge in [-0.15, -0.1) is 0 Å². The minimum atomic E-state index is -0.467. The third-order valence-corrected chi connectivity index (χ3v) is 3.80. The van der Waals surface area contributed by atoms with E-state index in [1.165, 1.54) is 0 Å². The zero-order valence-electron chi connectivity index (χ0n) is 8.46. The molecule has 2 rings (SSSR count). The molecule has 86 valence electrons. The van der Waals surface area contributed by atoms with Crippen molar-refractivity contribution in [1.82, 2.24) is 0 Å². The van der Waals surface area contributed by atoms with Crippen molar-refractivity contribution in [2.45, 2.75) is 12.6 Å². The van der Waals surface area contributed by atoms with E-state index in [1.807, 2.05) is 34.8 Å². The first-order valence-corrected chi connectivity index (χ1v) is 6.83. The number of nitrogens with two attached hydrogens (primary N) is 1. The van der Waals surface area contributed by atoms with Gasteiger partial charge in [-0.05, 0) is 57.3 Å². The van der Waals surface area contributed by atoms with E-state index in [4.69, 9.17) is 4.74 Å². The fraction of sp³-hybridized carbons (Fsp3) is 0.300. The van der Waals surface area contributed by atoms with E-state index >= 15 is 0 Å². The van der Waals surface area contributed by atoms with Crippen LogP contribution in [-0.2, 0) is 4.74 Å². The van der Waals surface area contributed by atoms with Gasteiger partial charge >= 0.3 is 5.97 Å². The molecule has 0 saturated carbocycles. The maximum atomic E-state index is 11.8. The molecule has 0 bridgehead atoms. The standard InChI is InChI=1S/C10H9I2NO3/c1-10(4-13-10)16-9(15)6-2-5(11)3-7(12)8(6)14/h2-3,13-14H,4H2,1H3/p+1. The van der Waals surface area contributed by atoms with Crippen molar-refractivity contribution >= 4 is 51.2 Å². The van der Waals surface area contributed by atoms with E-state index in [2.05, 4.69) is 22.6 Å². The van der Waals surface area contributed by atoms with Crippen molar-refractivity contribution in [1.29, 1.82) is 0 Å². The van der Waals surface area contributed by atoms with E-state index in [0.29, 0.717) is 3.57 Å². The molecule has 0 radical (unpaired) electrons. The normalized spacial score (nSPS) is 22.9. The van der Waals surface area contributed by atoms with Crippen molar-refractivity contribution in [2.24, 2.45) is 0 Å². The fourth-order valence-electron chi connectivity index (χ4n) is 1.22. The fourth-order valence-corrected chi connectivity index (χ4v) is 3.06. The lowest BCUT2D eigenvalue weighted by Crippen LogP contribution is -2.65. The van der Waals surface area contributed by atoms with Gasteiger partial charge in [-0.25, -0.2) is 4.79 Å². The van der Waals surface area contributed by atoms with Gasteiger partial charge in [-0.2, -0.15) is 0 Å². The molecule has 1 atom stereocenters. The maximum absolute atomic E-state index is 11.8. The van der Waals surface area contributed by atoms with E-state index in [9.17, 15) is 9.90 Å². The van der Waals surface area contributed by atoms with Crippen molar-refractivity contribution in [2.75, 3.05) is 6.54 Å². The van der Waals surface area contributed by atoms with Crippen LogP contribution in [-0.4, -0.2) is 23.3 Å². The lowest BCUT2D eigenvalue weighted by atomic mass is 10.2.